The van der Waals surface area contributed by atoms with Crippen molar-refractivity contribution in [2.45, 2.75) is 6.92 Å². The zero-order valence-corrected chi connectivity index (χ0v) is 23.7. The van der Waals surface area contributed by atoms with Gasteiger partial charge in [-0.2, -0.15) is 0 Å². The van der Waals surface area contributed by atoms with Crippen LogP contribution >= 0.6 is 10.0 Å². The summed E-state index contributed by atoms with van der Waals surface area (Å²) in [5.74, 6) is 2.66. The molecule has 0 fully saturated rings. The molecule has 1 aromatic carbocycles. The lowest BCUT2D eigenvalue weighted by molar-refractivity contribution is 0.391. The number of aromatic nitrogens is 4. The van der Waals surface area contributed by atoms with E-state index in [1.54, 1.807) is 41.8 Å². The number of benzene rings is 1. The Hall–Kier alpha value is -3.71. The van der Waals surface area contributed by atoms with Gasteiger partial charge in [-0.3, -0.25) is 4.57 Å². The molecule has 0 unspecified atom stereocenters. The number of ether oxygens (including phenoxy) is 2. The second-order valence-electron chi connectivity index (χ2n) is 9.15. The highest BCUT2D eigenvalue weighted by Crippen LogP contribution is 2.40. The average Bonchev–Trinajstić information content (AvgIpc) is 3.62. The summed E-state index contributed by atoms with van der Waals surface area (Å²) in [6.45, 7) is 1.85. The fraction of sp³-hybridized carbons (Fsp3) is 0.320. The average molecular weight is 562 g/mol. The standard InChI is InChI=1S/C25H31N5O6S2/c1-18-26-19(17-36-18)12-15-38(31,32)29(13-16-37(4,5)6)25-28-27-24(22-11-8-14-35-22)30(25)23-20(33-2)9-7-10-21(23)34-3/h7-12,14-15,17H,13,16H2,1-6H3/b15-12+. The van der Waals surface area contributed by atoms with Crippen molar-refractivity contribution in [1.29, 1.82) is 0 Å². The van der Waals surface area contributed by atoms with Gasteiger partial charge >= 0.3 is 0 Å². The largest absolute Gasteiger partial charge is 0.494 e. The van der Waals surface area contributed by atoms with E-state index in [0.29, 0.717) is 40.3 Å². The van der Waals surface area contributed by atoms with E-state index in [1.165, 1.54) is 37.1 Å². The summed E-state index contributed by atoms with van der Waals surface area (Å²) in [6, 6.07) is 8.71. The van der Waals surface area contributed by atoms with Gasteiger partial charge in [-0.15, -0.1) is 10.2 Å². The maximum atomic E-state index is 13.8. The summed E-state index contributed by atoms with van der Waals surface area (Å²) in [7, 11) is -2.09. The van der Waals surface area contributed by atoms with Crippen LogP contribution in [0.1, 0.15) is 11.6 Å². The topological polar surface area (TPSA) is 126 Å². The van der Waals surface area contributed by atoms with Gasteiger partial charge in [0.25, 0.3) is 10.0 Å². The third-order valence-corrected chi connectivity index (χ3v) is 8.35. The second kappa shape index (κ2) is 11.0. The SMILES string of the molecule is COc1cccc(OC)c1-n1c(-c2ccco2)nnc1N(CCS(C)(C)C)S(=O)(=O)/C=C/c1coc(C)n1. The van der Waals surface area contributed by atoms with Crippen molar-refractivity contribution >= 4 is 32.1 Å². The van der Waals surface area contributed by atoms with Crippen LogP contribution in [0.25, 0.3) is 23.3 Å². The Bertz CT molecular complexity index is 1500. The van der Waals surface area contributed by atoms with Crippen LogP contribution in [0.5, 0.6) is 11.5 Å². The Morgan fingerprint density at radius 3 is 2.29 bits per heavy atom. The molecule has 0 aliphatic carbocycles. The van der Waals surface area contributed by atoms with Crippen molar-refractivity contribution in [3.8, 4) is 28.8 Å². The summed E-state index contributed by atoms with van der Waals surface area (Å²) in [5, 5.41) is 9.79. The number of furan rings is 1. The second-order valence-corrected chi connectivity index (χ2v) is 15.5. The van der Waals surface area contributed by atoms with Gasteiger partial charge in [-0.05, 0) is 54.9 Å². The third kappa shape index (κ3) is 5.89. The molecule has 0 radical (unpaired) electrons. The van der Waals surface area contributed by atoms with Crippen LogP contribution in [0, 0.1) is 6.92 Å². The van der Waals surface area contributed by atoms with Crippen molar-refractivity contribution in [3.63, 3.8) is 0 Å². The van der Waals surface area contributed by atoms with Crippen molar-refractivity contribution < 1.29 is 26.7 Å². The first-order valence-electron chi connectivity index (χ1n) is 11.5. The Balaban J connectivity index is 1.95. The highest BCUT2D eigenvalue weighted by Gasteiger charge is 2.32. The molecule has 13 heteroatoms. The number of rotatable bonds is 11. The molecular weight excluding hydrogens is 530 g/mol. The highest BCUT2D eigenvalue weighted by molar-refractivity contribution is 8.32. The van der Waals surface area contributed by atoms with Crippen LogP contribution in [0.15, 0.2) is 57.1 Å². The molecule has 4 rings (SSSR count). The maximum absolute atomic E-state index is 13.8. The molecule has 0 atom stereocenters. The summed E-state index contributed by atoms with van der Waals surface area (Å²) < 4.78 is 52.6. The summed E-state index contributed by atoms with van der Waals surface area (Å²) >= 11 is 0. The van der Waals surface area contributed by atoms with Gasteiger partial charge in [-0.1, -0.05) is 6.07 Å². The Morgan fingerprint density at radius 2 is 1.74 bits per heavy atom. The molecule has 204 valence electrons. The fourth-order valence-corrected chi connectivity index (χ4v) is 5.64. The van der Waals surface area contributed by atoms with E-state index in [4.69, 9.17) is 18.3 Å². The first kappa shape index (κ1) is 27.3. The van der Waals surface area contributed by atoms with E-state index >= 15 is 0 Å². The monoisotopic (exact) mass is 561 g/mol. The number of methoxy groups -OCH3 is 2. The van der Waals surface area contributed by atoms with Crippen LogP contribution in [0.4, 0.5) is 5.95 Å². The molecule has 0 amide bonds. The predicted molar refractivity (Wildman–Crippen MR) is 149 cm³/mol. The van der Waals surface area contributed by atoms with Gasteiger partial charge < -0.3 is 18.3 Å². The number of hydrogen-bond acceptors (Lipinski definition) is 9. The number of aryl methyl sites for hydroxylation is 1. The minimum Gasteiger partial charge on any atom is -0.494 e. The van der Waals surface area contributed by atoms with E-state index in [0.717, 1.165) is 5.41 Å². The fourth-order valence-electron chi connectivity index (χ4n) is 3.64. The van der Waals surface area contributed by atoms with Gasteiger partial charge in [0.1, 0.15) is 29.1 Å². The first-order valence-corrected chi connectivity index (χ1v) is 16.1. The quantitative estimate of drug-likeness (QED) is 0.263. The Labute approximate surface area is 223 Å². The van der Waals surface area contributed by atoms with Crippen LogP contribution in [0.2, 0.25) is 0 Å². The number of para-hydroxylation sites is 1. The van der Waals surface area contributed by atoms with Gasteiger partial charge in [0.2, 0.25) is 11.8 Å². The van der Waals surface area contributed by atoms with Gasteiger partial charge in [0.05, 0.1) is 25.9 Å². The van der Waals surface area contributed by atoms with E-state index in [9.17, 15) is 8.42 Å². The molecule has 0 saturated heterocycles. The van der Waals surface area contributed by atoms with E-state index in [2.05, 4.69) is 33.9 Å². The first-order chi connectivity index (χ1) is 18.0. The number of sulfonamides is 1. The Kier molecular flexibility index (Phi) is 7.88. The molecule has 0 N–H and O–H groups in total. The number of nitrogens with zero attached hydrogens (tertiary/aromatic N) is 5. The number of anilines is 1. The minimum atomic E-state index is -4.06. The molecule has 0 bridgehead atoms. The molecule has 3 aromatic heterocycles. The van der Waals surface area contributed by atoms with Crippen molar-refractivity contribution in [2.24, 2.45) is 0 Å². The molecule has 0 aliphatic heterocycles. The lowest BCUT2D eigenvalue weighted by Crippen LogP contribution is -2.35. The van der Waals surface area contributed by atoms with Crippen molar-refractivity contribution in [3.05, 3.63) is 59.9 Å². The van der Waals surface area contributed by atoms with Crippen LogP contribution in [0.3, 0.4) is 0 Å². The molecule has 4 aromatic rings. The van der Waals surface area contributed by atoms with Gasteiger partial charge in [-0.25, -0.2) is 27.7 Å². The molecule has 38 heavy (non-hydrogen) atoms. The van der Waals surface area contributed by atoms with Gasteiger partial charge in [0.15, 0.2) is 11.7 Å². The van der Waals surface area contributed by atoms with E-state index < -0.39 is 20.1 Å². The molecule has 0 spiro atoms. The zero-order chi connectivity index (χ0) is 27.5. The number of hydrogen-bond donors (Lipinski definition) is 0. The highest BCUT2D eigenvalue weighted by atomic mass is 32.3. The number of oxazole rings is 1. The molecule has 3 heterocycles. The third-order valence-electron chi connectivity index (χ3n) is 5.50. The Morgan fingerprint density at radius 1 is 1.03 bits per heavy atom. The molecule has 0 saturated carbocycles. The molecule has 0 aliphatic rings. The van der Waals surface area contributed by atoms with Crippen molar-refractivity contribution in [2.75, 3.05) is 49.6 Å². The minimum absolute atomic E-state index is 0.0591. The van der Waals surface area contributed by atoms with E-state index in [1.807, 2.05) is 0 Å². The van der Waals surface area contributed by atoms with Crippen LogP contribution < -0.4 is 13.8 Å². The summed E-state index contributed by atoms with van der Waals surface area (Å²) in [6.07, 6.45) is 10.6. The molecular formula is C25H31N5O6S2. The normalized spacial score (nSPS) is 12.7. The van der Waals surface area contributed by atoms with Crippen molar-refractivity contribution in [1.82, 2.24) is 19.7 Å². The van der Waals surface area contributed by atoms with Crippen LogP contribution in [-0.2, 0) is 10.0 Å². The molecule has 11 nitrogen and oxygen atoms in total. The maximum Gasteiger partial charge on any atom is 0.259 e. The van der Waals surface area contributed by atoms with E-state index in [-0.39, 0.29) is 18.3 Å². The van der Waals surface area contributed by atoms with Crippen LogP contribution in [-0.4, -0.2) is 73.5 Å². The van der Waals surface area contributed by atoms with Gasteiger partial charge in [0, 0.05) is 13.5 Å². The zero-order valence-electron chi connectivity index (χ0n) is 22.1. The predicted octanol–water partition coefficient (Wildman–Crippen LogP) is 4.34. The lowest BCUT2D eigenvalue weighted by Gasteiger charge is -2.30. The smallest absolute Gasteiger partial charge is 0.259 e. The lowest BCUT2D eigenvalue weighted by atomic mass is 10.2. The summed E-state index contributed by atoms with van der Waals surface area (Å²) in [4.78, 5) is 4.17. The summed E-state index contributed by atoms with van der Waals surface area (Å²) in [5.41, 5.74) is 0.819.